The van der Waals surface area contributed by atoms with E-state index >= 15 is 0 Å². The molecule has 0 bridgehead atoms. The fourth-order valence-corrected chi connectivity index (χ4v) is 1.07. The summed E-state index contributed by atoms with van der Waals surface area (Å²) in [5.74, 6) is -3.35. The van der Waals surface area contributed by atoms with Crippen LogP contribution in [0.2, 0.25) is 0 Å². The van der Waals surface area contributed by atoms with Crippen LogP contribution in [0.3, 0.4) is 0 Å². The van der Waals surface area contributed by atoms with Gasteiger partial charge >= 0.3 is 6.03 Å². The minimum absolute atomic E-state index is 0.374. The standard InChI is InChI=1S/C11H11F2N3O2/c12-11(13,7-17)6-15-10(18)16-9-3-1-8(5-14)2-4-9/h1-4,17H,6-7H2,(H2,15,16,18). The van der Waals surface area contributed by atoms with E-state index in [1.54, 1.807) is 0 Å². The van der Waals surface area contributed by atoms with Crippen LogP contribution in [0.15, 0.2) is 24.3 Å². The summed E-state index contributed by atoms with van der Waals surface area (Å²) in [5.41, 5.74) is 0.798. The minimum Gasteiger partial charge on any atom is -0.390 e. The molecule has 0 aliphatic heterocycles. The number of nitriles is 1. The Balaban J connectivity index is 2.47. The monoisotopic (exact) mass is 255 g/mol. The molecule has 0 radical (unpaired) electrons. The van der Waals surface area contributed by atoms with E-state index in [9.17, 15) is 13.6 Å². The van der Waals surface area contributed by atoms with E-state index in [-0.39, 0.29) is 0 Å². The van der Waals surface area contributed by atoms with E-state index < -0.39 is 25.1 Å². The van der Waals surface area contributed by atoms with Crippen LogP contribution >= 0.6 is 0 Å². The highest BCUT2D eigenvalue weighted by Gasteiger charge is 2.28. The van der Waals surface area contributed by atoms with Crippen LogP contribution in [-0.4, -0.2) is 30.2 Å². The van der Waals surface area contributed by atoms with Crippen LogP contribution in [0.4, 0.5) is 19.3 Å². The number of carbonyl (C=O) groups excluding carboxylic acids is 1. The van der Waals surface area contributed by atoms with Gasteiger partial charge in [0.05, 0.1) is 18.2 Å². The first-order valence-corrected chi connectivity index (χ1v) is 5.00. The number of nitrogens with zero attached hydrogens (tertiary/aromatic N) is 1. The van der Waals surface area contributed by atoms with Crippen molar-refractivity contribution in [3.05, 3.63) is 29.8 Å². The molecule has 5 nitrogen and oxygen atoms in total. The van der Waals surface area contributed by atoms with Crippen LogP contribution in [0.1, 0.15) is 5.56 Å². The first-order chi connectivity index (χ1) is 8.46. The Labute approximate surface area is 102 Å². The highest BCUT2D eigenvalue weighted by molar-refractivity contribution is 5.89. The Morgan fingerprint density at radius 3 is 2.50 bits per heavy atom. The molecule has 0 spiro atoms. The Morgan fingerprint density at radius 2 is 2.00 bits per heavy atom. The number of benzene rings is 1. The maximum atomic E-state index is 12.6. The zero-order valence-electron chi connectivity index (χ0n) is 9.28. The molecule has 1 rings (SSSR count). The van der Waals surface area contributed by atoms with Gasteiger partial charge in [0.15, 0.2) is 0 Å². The number of hydrogen-bond acceptors (Lipinski definition) is 3. The van der Waals surface area contributed by atoms with Crippen molar-refractivity contribution in [1.82, 2.24) is 5.32 Å². The normalized spacial score (nSPS) is 10.6. The second kappa shape index (κ2) is 5.93. The second-order valence-corrected chi connectivity index (χ2v) is 3.51. The quantitative estimate of drug-likeness (QED) is 0.758. The average molecular weight is 255 g/mol. The third-order valence-corrected chi connectivity index (χ3v) is 2.01. The van der Waals surface area contributed by atoms with Crippen LogP contribution < -0.4 is 10.6 Å². The zero-order chi connectivity index (χ0) is 13.6. The van der Waals surface area contributed by atoms with Crippen molar-refractivity contribution >= 4 is 11.7 Å². The summed E-state index contributed by atoms with van der Waals surface area (Å²) in [6, 6.07) is 7.01. The molecular weight excluding hydrogens is 244 g/mol. The Morgan fingerprint density at radius 1 is 1.39 bits per heavy atom. The van der Waals surface area contributed by atoms with E-state index in [2.05, 4.69) is 5.32 Å². The highest BCUT2D eigenvalue weighted by Crippen LogP contribution is 2.11. The van der Waals surface area contributed by atoms with Crippen LogP contribution in [0, 0.1) is 11.3 Å². The molecule has 2 amide bonds. The summed E-state index contributed by atoms with van der Waals surface area (Å²) < 4.78 is 25.2. The molecular formula is C11H11F2N3O2. The molecule has 0 atom stereocenters. The van der Waals surface area contributed by atoms with E-state index in [1.165, 1.54) is 24.3 Å². The van der Waals surface area contributed by atoms with E-state index in [4.69, 9.17) is 10.4 Å². The summed E-state index contributed by atoms with van der Waals surface area (Å²) >= 11 is 0. The van der Waals surface area contributed by atoms with Gasteiger partial charge in [-0.15, -0.1) is 0 Å². The lowest BCUT2D eigenvalue weighted by Gasteiger charge is -2.14. The smallest absolute Gasteiger partial charge is 0.319 e. The van der Waals surface area contributed by atoms with Crippen LogP contribution in [-0.2, 0) is 0 Å². The Hall–Kier alpha value is -2.20. The lowest BCUT2D eigenvalue weighted by atomic mass is 10.2. The fourth-order valence-electron chi connectivity index (χ4n) is 1.07. The number of aliphatic hydroxyl groups excluding tert-OH is 1. The van der Waals surface area contributed by atoms with Gasteiger partial charge in [-0.05, 0) is 24.3 Å². The van der Waals surface area contributed by atoms with Gasteiger partial charge in [-0.2, -0.15) is 5.26 Å². The highest BCUT2D eigenvalue weighted by atomic mass is 19.3. The number of hydrogen-bond donors (Lipinski definition) is 3. The van der Waals surface area contributed by atoms with Gasteiger partial charge in [-0.3, -0.25) is 0 Å². The van der Waals surface area contributed by atoms with Crippen molar-refractivity contribution in [2.24, 2.45) is 0 Å². The van der Waals surface area contributed by atoms with Gasteiger partial charge in [0.1, 0.15) is 6.61 Å². The maximum Gasteiger partial charge on any atom is 0.319 e. The molecule has 7 heteroatoms. The molecule has 0 aliphatic carbocycles. The molecule has 0 aliphatic rings. The van der Waals surface area contributed by atoms with Crippen molar-refractivity contribution in [1.29, 1.82) is 5.26 Å². The molecule has 18 heavy (non-hydrogen) atoms. The number of amides is 2. The summed E-state index contributed by atoms with van der Waals surface area (Å²) in [5, 5.41) is 21.1. The number of aliphatic hydroxyl groups is 1. The predicted molar refractivity (Wildman–Crippen MR) is 60.2 cm³/mol. The number of alkyl halides is 2. The molecule has 0 heterocycles. The second-order valence-electron chi connectivity index (χ2n) is 3.51. The van der Waals surface area contributed by atoms with Gasteiger partial charge in [0, 0.05) is 5.69 Å². The Bertz CT molecular complexity index is 454. The van der Waals surface area contributed by atoms with E-state index in [1.807, 2.05) is 11.4 Å². The number of carbonyl (C=O) groups is 1. The van der Waals surface area contributed by atoms with Crippen molar-refractivity contribution in [3.63, 3.8) is 0 Å². The maximum absolute atomic E-state index is 12.6. The van der Waals surface area contributed by atoms with Crippen LogP contribution in [0.25, 0.3) is 0 Å². The first-order valence-electron chi connectivity index (χ1n) is 5.00. The van der Waals surface area contributed by atoms with Gasteiger partial charge < -0.3 is 15.7 Å². The number of nitrogens with one attached hydrogen (secondary N) is 2. The number of anilines is 1. The van der Waals surface area contributed by atoms with E-state index in [0.29, 0.717) is 11.3 Å². The van der Waals surface area contributed by atoms with Crippen LogP contribution in [0.5, 0.6) is 0 Å². The minimum atomic E-state index is -3.35. The van der Waals surface area contributed by atoms with Gasteiger partial charge in [-0.25, -0.2) is 13.6 Å². The van der Waals surface area contributed by atoms with E-state index in [0.717, 1.165) is 0 Å². The van der Waals surface area contributed by atoms with Gasteiger partial charge in [0.25, 0.3) is 5.92 Å². The van der Waals surface area contributed by atoms with Gasteiger partial charge in [0.2, 0.25) is 0 Å². The lowest BCUT2D eigenvalue weighted by Crippen LogP contribution is -2.40. The summed E-state index contributed by atoms with van der Waals surface area (Å²) in [6.07, 6.45) is 0. The summed E-state index contributed by atoms with van der Waals surface area (Å²) in [4.78, 5) is 11.2. The fraction of sp³-hybridized carbons (Fsp3) is 0.273. The first kappa shape index (κ1) is 13.9. The predicted octanol–water partition coefficient (Wildman–Crippen LogP) is 1.31. The third kappa shape index (κ3) is 4.35. The van der Waals surface area contributed by atoms with Gasteiger partial charge in [-0.1, -0.05) is 0 Å². The topological polar surface area (TPSA) is 85.2 Å². The molecule has 0 aromatic heterocycles. The largest absolute Gasteiger partial charge is 0.390 e. The summed E-state index contributed by atoms with van der Waals surface area (Å²) in [7, 11) is 0. The van der Waals surface area contributed by atoms with Crippen molar-refractivity contribution < 1.29 is 18.7 Å². The number of rotatable bonds is 4. The molecule has 0 fully saturated rings. The molecule has 0 saturated heterocycles. The van der Waals surface area contributed by atoms with Crippen molar-refractivity contribution in [2.75, 3.05) is 18.5 Å². The molecule has 1 aromatic rings. The molecule has 1 aromatic carbocycles. The molecule has 0 saturated carbocycles. The Kier molecular flexibility index (Phi) is 4.57. The van der Waals surface area contributed by atoms with Crippen molar-refractivity contribution in [2.45, 2.75) is 5.92 Å². The third-order valence-electron chi connectivity index (χ3n) is 2.01. The SMILES string of the molecule is N#Cc1ccc(NC(=O)NCC(F)(F)CO)cc1. The summed E-state index contributed by atoms with van der Waals surface area (Å²) in [6.45, 7) is -2.28. The molecule has 0 unspecified atom stereocenters. The average Bonchev–Trinajstić information content (AvgIpc) is 2.37. The number of halogens is 2. The molecule has 3 N–H and O–H groups in total. The molecule has 96 valence electrons. The van der Waals surface area contributed by atoms with Crippen molar-refractivity contribution in [3.8, 4) is 6.07 Å². The lowest BCUT2D eigenvalue weighted by molar-refractivity contribution is -0.0451. The zero-order valence-corrected chi connectivity index (χ0v) is 9.28. The number of urea groups is 1.